The Kier molecular flexibility index (Phi) is 10.2. The number of rotatable bonds is 10. The van der Waals surface area contributed by atoms with Crippen LogP contribution >= 0.6 is 0 Å². The van der Waals surface area contributed by atoms with Crippen molar-refractivity contribution in [1.29, 1.82) is 0 Å². The normalized spacial score (nSPS) is 19.2. The van der Waals surface area contributed by atoms with Crippen LogP contribution < -0.4 is 25.8 Å². The molecule has 272 valence electrons. The predicted molar refractivity (Wildman–Crippen MR) is 207 cm³/mol. The van der Waals surface area contributed by atoms with Gasteiger partial charge in [-0.1, -0.05) is 55.4 Å². The Labute approximate surface area is 309 Å². The number of carbonyl (C=O) groups excluding carboxylic acids is 3. The first-order valence-electron chi connectivity index (χ1n) is 18.4. The molecule has 0 spiro atoms. The number of amides is 3. The van der Waals surface area contributed by atoms with E-state index in [4.69, 9.17) is 4.52 Å². The Morgan fingerprint density at radius 2 is 1.19 bits per heavy atom. The van der Waals surface area contributed by atoms with E-state index in [1.165, 1.54) is 0 Å². The zero-order chi connectivity index (χ0) is 37.1. The maximum atomic E-state index is 13.0. The Morgan fingerprint density at radius 1 is 0.698 bits per heavy atom. The van der Waals surface area contributed by atoms with E-state index in [-0.39, 0.29) is 48.4 Å². The third kappa shape index (κ3) is 7.37. The van der Waals surface area contributed by atoms with Gasteiger partial charge in [0.1, 0.15) is 0 Å². The monoisotopic (exact) mass is 711 g/mol. The van der Waals surface area contributed by atoms with E-state index < -0.39 is 0 Å². The number of hydrogen-bond acceptors (Lipinski definition) is 8. The Morgan fingerprint density at radius 3 is 1.70 bits per heavy atom. The highest BCUT2D eigenvalue weighted by atomic mass is 16.5. The predicted octanol–water partition coefficient (Wildman–Crippen LogP) is 8.04. The lowest BCUT2D eigenvalue weighted by Gasteiger charge is -2.40. The lowest BCUT2D eigenvalue weighted by Crippen LogP contribution is -2.44. The summed E-state index contributed by atoms with van der Waals surface area (Å²) in [7, 11) is 0. The summed E-state index contributed by atoms with van der Waals surface area (Å²) in [5, 5.41) is 14.2. The molecular weight excluding hydrogens is 667 g/mol. The van der Waals surface area contributed by atoms with E-state index in [2.05, 4.69) is 52.1 Å². The smallest absolute Gasteiger partial charge is 0.257 e. The molecule has 7 rings (SSSR count). The lowest BCUT2D eigenvalue weighted by molar-refractivity contribution is -0.119. The van der Waals surface area contributed by atoms with Gasteiger partial charge in [-0.15, -0.1) is 0 Å². The number of aromatic nitrogens is 2. The van der Waals surface area contributed by atoms with Crippen molar-refractivity contribution in [2.75, 3.05) is 20.4 Å². The molecule has 0 aliphatic carbocycles. The van der Waals surface area contributed by atoms with Gasteiger partial charge in [0.2, 0.25) is 11.8 Å². The molecule has 53 heavy (non-hydrogen) atoms. The number of nitrogens with zero attached hydrogens (tertiary/aromatic N) is 4. The van der Waals surface area contributed by atoms with Crippen molar-refractivity contribution < 1.29 is 18.9 Å². The van der Waals surface area contributed by atoms with Crippen LogP contribution in [-0.2, 0) is 16.1 Å². The Balaban J connectivity index is 0.940. The highest BCUT2D eigenvalue weighted by molar-refractivity contribution is 5.96. The Hall–Kier alpha value is -5.97. The maximum absolute atomic E-state index is 13.0. The molecule has 0 fully saturated rings. The quantitative estimate of drug-likeness (QED) is 0.133. The third-order valence-electron chi connectivity index (χ3n) is 10.2. The molecular formula is C42H45N7O4. The van der Waals surface area contributed by atoms with Crippen LogP contribution in [0.1, 0.15) is 92.8 Å². The molecule has 0 saturated heterocycles. The molecule has 0 saturated carbocycles. The fraction of sp³-hybridized carbons (Fsp3) is 0.310. The average Bonchev–Trinajstić information content (AvgIpc) is 3.66. The van der Waals surface area contributed by atoms with Gasteiger partial charge in [-0.3, -0.25) is 14.4 Å². The number of carbonyl (C=O) groups is 3. The zero-order valence-corrected chi connectivity index (χ0v) is 30.5. The number of hydrogen-bond donors (Lipinski definition) is 3. The summed E-state index contributed by atoms with van der Waals surface area (Å²) >= 11 is 0. The second-order valence-electron chi connectivity index (χ2n) is 13.8. The highest BCUT2D eigenvalue weighted by Gasteiger charge is 2.34. The summed E-state index contributed by atoms with van der Waals surface area (Å²) in [5.74, 6) is 0.737. The number of fused-ring (bicyclic) bond motifs is 2. The van der Waals surface area contributed by atoms with Gasteiger partial charge in [-0.2, -0.15) is 4.98 Å². The molecule has 0 bridgehead atoms. The molecule has 3 heterocycles. The summed E-state index contributed by atoms with van der Waals surface area (Å²) in [5.41, 5.74) is 7.20. The standard InChI is InChI=1S/C42H45N7O4/c1-5-39(50)48-26(3)23-34(32-11-7-9-13-36(32)48)44-30-19-15-28(16-20-30)41(52)43-25-38-46-42(53-47-38)29-17-21-31(22-18-29)45-35-24-27(4)49(40(51)6-2)37-14-10-8-12-33(35)37/h7-22,26-27,34-35,44-45H,5-6,23-25H2,1-4H3,(H,43,52)/t26-,27-,34+,35+/m0/s1. The van der Waals surface area contributed by atoms with Gasteiger partial charge in [0.05, 0.1) is 18.6 Å². The van der Waals surface area contributed by atoms with E-state index in [9.17, 15) is 14.4 Å². The van der Waals surface area contributed by atoms with Gasteiger partial charge in [-0.25, -0.2) is 0 Å². The molecule has 2 aliphatic rings. The van der Waals surface area contributed by atoms with Gasteiger partial charge in [-0.05, 0) is 98.5 Å². The van der Waals surface area contributed by atoms with Crippen LogP contribution in [0.25, 0.3) is 11.5 Å². The second kappa shape index (κ2) is 15.3. The van der Waals surface area contributed by atoms with Crippen molar-refractivity contribution in [3.63, 3.8) is 0 Å². The van der Waals surface area contributed by atoms with Crippen LogP contribution in [0, 0.1) is 0 Å². The van der Waals surface area contributed by atoms with Crippen molar-refractivity contribution in [3.05, 3.63) is 120 Å². The molecule has 1 aromatic heterocycles. The topological polar surface area (TPSA) is 133 Å². The first kappa shape index (κ1) is 35.4. The van der Waals surface area contributed by atoms with Crippen LogP contribution in [0.5, 0.6) is 0 Å². The van der Waals surface area contributed by atoms with Crippen molar-refractivity contribution in [3.8, 4) is 11.5 Å². The molecule has 3 amide bonds. The molecule has 4 atom stereocenters. The van der Waals surface area contributed by atoms with Crippen molar-refractivity contribution in [2.45, 2.75) is 84.1 Å². The molecule has 2 aliphatic heterocycles. The summed E-state index contributed by atoms with van der Waals surface area (Å²) in [6, 6.07) is 31.5. The van der Waals surface area contributed by atoms with Gasteiger partial charge in [0.15, 0.2) is 5.82 Å². The minimum atomic E-state index is -0.246. The van der Waals surface area contributed by atoms with E-state index in [0.717, 1.165) is 52.3 Å². The van der Waals surface area contributed by atoms with E-state index in [1.807, 2.05) is 96.4 Å². The molecule has 0 radical (unpaired) electrons. The minimum Gasteiger partial charge on any atom is -0.378 e. The average molecular weight is 712 g/mol. The van der Waals surface area contributed by atoms with Crippen molar-refractivity contribution >= 4 is 40.5 Å². The van der Waals surface area contributed by atoms with Crippen LogP contribution in [0.3, 0.4) is 0 Å². The lowest BCUT2D eigenvalue weighted by atomic mass is 9.91. The van der Waals surface area contributed by atoms with Crippen LogP contribution in [0.15, 0.2) is 102 Å². The number of benzene rings is 4. The SMILES string of the molecule is CCC(=O)N1c2ccccc2[C@H](Nc2ccc(C(=O)NCc3noc(-c4ccc(N[C@@H]5C[C@H](C)N(C(=O)CC)c6ccccc65)cc4)n3)cc2)C[C@@H]1C. The maximum Gasteiger partial charge on any atom is 0.257 e. The molecule has 3 N–H and O–H groups in total. The molecule has 4 aromatic carbocycles. The van der Waals surface area contributed by atoms with Gasteiger partial charge in [0, 0.05) is 58.8 Å². The molecule has 5 aromatic rings. The summed E-state index contributed by atoms with van der Waals surface area (Å²) in [6.07, 6.45) is 2.49. The summed E-state index contributed by atoms with van der Waals surface area (Å²) in [6.45, 7) is 8.08. The van der Waals surface area contributed by atoms with Gasteiger partial charge < -0.3 is 30.3 Å². The van der Waals surface area contributed by atoms with Crippen LogP contribution in [0.2, 0.25) is 0 Å². The van der Waals surface area contributed by atoms with Crippen LogP contribution in [-0.4, -0.2) is 39.9 Å². The van der Waals surface area contributed by atoms with Gasteiger partial charge >= 0.3 is 0 Å². The highest BCUT2D eigenvalue weighted by Crippen LogP contribution is 2.40. The van der Waals surface area contributed by atoms with E-state index >= 15 is 0 Å². The Bertz CT molecular complexity index is 2100. The van der Waals surface area contributed by atoms with E-state index in [0.29, 0.717) is 30.1 Å². The van der Waals surface area contributed by atoms with Gasteiger partial charge in [0.25, 0.3) is 11.8 Å². The number of anilines is 4. The third-order valence-corrected chi connectivity index (χ3v) is 10.2. The molecule has 11 heteroatoms. The van der Waals surface area contributed by atoms with E-state index in [1.54, 1.807) is 12.1 Å². The summed E-state index contributed by atoms with van der Waals surface area (Å²) < 4.78 is 5.53. The van der Waals surface area contributed by atoms with Crippen LogP contribution in [0.4, 0.5) is 22.7 Å². The molecule has 0 unspecified atom stereocenters. The first-order chi connectivity index (χ1) is 25.7. The summed E-state index contributed by atoms with van der Waals surface area (Å²) in [4.78, 5) is 46.7. The largest absolute Gasteiger partial charge is 0.378 e. The zero-order valence-electron chi connectivity index (χ0n) is 30.5. The number of para-hydroxylation sites is 2. The second-order valence-corrected chi connectivity index (χ2v) is 13.8. The van der Waals surface area contributed by atoms with Crippen molar-refractivity contribution in [2.24, 2.45) is 0 Å². The molecule has 11 nitrogen and oxygen atoms in total. The number of nitrogens with one attached hydrogen (secondary N) is 3. The fourth-order valence-electron chi connectivity index (χ4n) is 7.53. The van der Waals surface area contributed by atoms with Crippen molar-refractivity contribution in [1.82, 2.24) is 15.5 Å². The minimum absolute atomic E-state index is 0.0322. The first-order valence-corrected chi connectivity index (χ1v) is 18.4. The fourth-order valence-corrected chi connectivity index (χ4v) is 7.53.